The Labute approximate surface area is 186 Å². The lowest BCUT2D eigenvalue weighted by Gasteiger charge is -2.20. The van der Waals surface area contributed by atoms with Crippen LogP contribution in [0.15, 0.2) is 90.3 Å². The highest BCUT2D eigenvalue weighted by Gasteiger charge is 2.29. The molecular weight excluding hydrogens is 400 g/mol. The molecule has 2 N–H and O–H groups in total. The highest BCUT2D eigenvalue weighted by molar-refractivity contribution is 5.96. The molecule has 0 saturated heterocycles. The Balaban J connectivity index is 1.41. The van der Waals surface area contributed by atoms with E-state index in [1.807, 2.05) is 71.6 Å². The highest BCUT2D eigenvalue weighted by Crippen LogP contribution is 2.28. The first kappa shape index (κ1) is 20.0. The van der Waals surface area contributed by atoms with Crippen LogP contribution in [0.2, 0.25) is 0 Å². The number of H-pyrrole nitrogens is 1. The summed E-state index contributed by atoms with van der Waals surface area (Å²) >= 11 is 0. The third-order valence-electron chi connectivity index (χ3n) is 5.74. The van der Waals surface area contributed by atoms with E-state index in [0.29, 0.717) is 24.9 Å². The van der Waals surface area contributed by atoms with E-state index in [9.17, 15) is 4.79 Å². The summed E-state index contributed by atoms with van der Waals surface area (Å²) in [7, 11) is 1.58. The Kier molecular flexibility index (Phi) is 5.44. The van der Waals surface area contributed by atoms with Crippen molar-refractivity contribution in [1.29, 1.82) is 0 Å². The van der Waals surface area contributed by atoms with E-state index in [4.69, 9.17) is 4.84 Å². The molecule has 1 aliphatic heterocycles. The van der Waals surface area contributed by atoms with Crippen LogP contribution >= 0.6 is 0 Å². The quantitative estimate of drug-likeness (QED) is 0.441. The number of rotatable bonds is 6. The van der Waals surface area contributed by atoms with Gasteiger partial charge < -0.3 is 9.88 Å². The second-order valence-electron chi connectivity index (χ2n) is 7.76. The van der Waals surface area contributed by atoms with Gasteiger partial charge in [-0.1, -0.05) is 54.6 Å². The van der Waals surface area contributed by atoms with Crippen LogP contribution in [0.3, 0.4) is 0 Å². The van der Waals surface area contributed by atoms with Crippen LogP contribution in [0.1, 0.15) is 22.6 Å². The Bertz CT molecular complexity index is 1240. The molecule has 160 valence electrons. The zero-order chi connectivity index (χ0) is 21.9. The van der Waals surface area contributed by atoms with Crippen molar-refractivity contribution >= 4 is 16.9 Å². The van der Waals surface area contributed by atoms with Crippen molar-refractivity contribution in [3.05, 3.63) is 102 Å². The number of para-hydroxylation sites is 2. The van der Waals surface area contributed by atoms with Crippen molar-refractivity contribution in [2.45, 2.75) is 12.8 Å². The summed E-state index contributed by atoms with van der Waals surface area (Å²) in [5.74, 6) is 0.791. The molecule has 1 amide bonds. The van der Waals surface area contributed by atoms with Crippen molar-refractivity contribution in [1.82, 2.24) is 20.3 Å². The first-order valence-corrected chi connectivity index (χ1v) is 10.6. The van der Waals surface area contributed by atoms with Gasteiger partial charge in [-0.25, -0.2) is 4.98 Å². The maximum absolute atomic E-state index is 13.4. The van der Waals surface area contributed by atoms with Crippen molar-refractivity contribution in [3.63, 3.8) is 0 Å². The monoisotopic (exact) mass is 424 g/mol. The molecule has 0 spiro atoms. The molecule has 0 aliphatic carbocycles. The highest BCUT2D eigenvalue weighted by atomic mass is 16.6. The minimum atomic E-state index is -0.0244. The van der Waals surface area contributed by atoms with Gasteiger partial charge in [0.1, 0.15) is 5.82 Å². The first-order chi connectivity index (χ1) is 15.7. The van der Waals surface area contributed by atoms with Crippen LogP contribution in [0.25, 0.3) is 22.2 Å². The fraction of sp³-hybridized carbons (Fsp3) is 0.154. The molecule has 1 aromatic heterocycles. The number of aromatic nitrogens is 2. The molecule has 0 unspecified atom stereocenters. The number of aromatic amines is 1. The zero-order valence-corrected chi connectivity index (χ0v) is 17.8. The number of allylic oxidation sites excluding steroid dienone is 1. The maximum atomic E-state index is 13.4. The summed E-state index contributed by atoms with van der Waals surface area (Å²) in [5.41, 5.74) is 9.51. The van der Waals surface area contributed by atoms with Crippen LogP contribution in [0.4, 0.5) is 0 Å². The minimum absolute atomic E-state index is 0.0244. The molecular formula is C26H24N4O2. The number of carbonyl (C=O) groups excluding carboxylic acids is 1. The van der Waals surface area contributed by atoms with E-state index < -0.39 is 0 Å². The standard InChI is InChI=1S/C26H24N4O2/c1-32-29-23-15-16-30(24(23)17-25-27-21-9-5-6-10-22(21)28-25)26(31)20-13-11-19(12-14-20)18-7-3-2-4-8-18/h2-14,29H,15-17H2,1H3,(H,27,28). The van der Waals surface area contributed by atoms with Gasteiger partial charge in [0.25, 0.3) is 5.91 Å². The van der Waals surface area contributed by atoms with Gasteiger partial charge in [0.2, 0.25) is 0 Å². The SMILES string of the molecule is CONC1=C(Cc2nc3ccccc3[nH]2)N(C(=O)c2ccc(-c3ccccc3)cc2)CC1. The lowest BCUT2D eigenvalue weighted by Crippen LogP contribution is -2.29. The smallest absolute Gasteiger partial charge is 0.258 e. The molecule has 6 nitrogen and oxygen atoms in total. The van der Waals surface area contributed by atoms with Gasteiger partial charge in [0.05, 0.1) is 23.8 Å². The normalized spacial score (nSPS) is 13.7. The molecule has 2 heterocycles. The molecule has 4 aromatic rings. The van der Waals surface area contributed by atoms with E-state index >= 15 is 0 Å². The van der Waals surface area contributed by atoms with Gasteiger partial charge in [-0.2, -0.15) is 0 Å². The van der Waals surface area contributed by atoms with Crippen LogP contribution in [0, 0.1) is 0 Å². The first-order valence-electron chi connectivity index (χ1n) is 10.6. The van der Waals surface area contributed by atoms with E-state index in [1.165, 1.54) is 0 Å². The summed E-state index contributed by atoms with van der Waals surface area (Å²) in [6.07, 6.45) is 1.21. The van der Waals surface area contributed by atoms with Crippen LogP contribution in [-0.4, -0.2) is 34.4 Å². The number of hydroxylamine groups is 1. The van der Waals surface area contributed by atoms with Gasteiger partial charge in [-0.05, 0) is 35.4 Å². The van der Waals surface area contributed by atoms with Crippen molar-refractivity contribution in [2.24, 2.45) is 0 Å². The maximum Gasteiger partial charge on any atom is 0.258 e. The number of nitrogens with zero attached hydrogens (tertiary/aromatic N) is 2. The number of amides is 1. The topological polar surface area (TPSA) is 70.2 Å². The van der Waals surface area contributed by atoms with Crippen molar-refractivity contribution < 1.29 is 9.63 Å². The van der Waals surface area contributed by atoms with Crippen LogP contribution < -0.4 is 5.48 Å². The van der Waals surface area contributed by atoms with E-state index in [1.54, 1.807) is 7.11 Å². The second-order valence-corrected chi connectivity index (χ2v) is 7.76. The third-order valence-corrected chi connectivity index (χ3v) is 5.74. The number of carbonyl (C=O) groups is 1. The van der Waals surface area contributed by atoms with Crippen LogP contribution in [-0.2, 0) is 11.3 Å². The molecule has 6 heteroatoms. The van der Waals surface area contributed by atoms with E-state index in [2.05, 4.69) is 27.6 Å². The van der Waals surface area contributed by atoms with Gasteiger partial charge >= 0.3 is 0 Å². The average Bonchev–Trinajstić information content (AvgIpc) is 3.43. The number of hydrogen-bond acceptors (Lipinski definition) is 4. The predicted octanol–water partition coefficient (Wildman–Crippen LogP) is 4.68. The van der Waals surface area contributed by atoms with Gasteiger partial charge in [0, 0.05) is 30.6 Å². The van der Waals surface area contributed by atoms with Crippen LogP contribution in [0.5, 0.6) is 0 Å². The largest absolute Gasteiger partial charge is 0.342 e. The molecule has 3 aromatic carbocycles. The summed E-state index contributed by atoms with van der Waals surface area (Å²) in [5, 5.41) is 0. The molecule has 1 aliphatic rings. The predicted molar refractivity (Wildman–Crippen MR) is 124 cm³/mol. The van der Waals surface area contributed by atoms with Crippen molar-refractivity contribution in [2.75, 3.05) is 13.7 Å². The number of nitrogens with one attached hydrogen (secondary N) is 2. The lowest BCUT2D eigenvalue weighted by molar-refractivity contribution is 0.0815. The number of hydrogen-bond donors (Lipinski definition) is 2. The molecule has 0 saturated carbocycles. The summed E-state index contributed by atoms with van der Waals surface area (Å²) in [6, 6.07) is 25.8. The van der Waals surface area contributed by atoms with Gasteiger partial charge in [-0.3, -0.25) is 15.1 Å². The Hall–Kier alpha value is -3.90. The Morgan fingerprint density at radius 2 is 1.72 bits per heavy atom. The minimum Gasteiger partial charge on any atom is -0.342 e. The number of benzene rings is 3. The second kappa shape index (κ2) is 8.69. The summed E-state index contributed by atoms with van der Waals surface area (Å²) in [6.45, 7) is 0.598. The molecule has 32 heavy (non-hydrogen) atoms. The number of imidazole rings is 1. The van der Waals surface area contributed by atoms with E-state index in [-0.39, 0.29) is 5.91 Å². The Morgan fingerprint density at radius 3 is 2.47 bits per heavy atom. The molecule has 5 rings (SSSR count). The average molecular weight is 425 g/mol. The zero-order valence-electron chi connectivity index (χ0n) is 17.8. The van der Waals surface area contributed by atoms with Crippen molar-refractivity contribution in [3.8, 4) is 11.1 Å². The van der Waals surface area contributed by atoms with E-state index in [0.717, 1.165) is 39.4 Å². The summed E-state index contributed by atoms with van der Waals surface area (Å²) in [4.78, 5) is 28.5. The summed E-state index contributed by atoms with van der Waals surface area (Å²) < 4.78 is 0. The molecule has 0 radical (unpaired) electrons. The number of fused-ring (bicyclic) bond motifs is 1. The fourth-order valence-electron chi connectivity index (χ4n) is 4.16. The molecule has 0 fully saturated rings. The van der Waals surface area contributed by atoms with Gasteiger partial charge in [0.15, 0.2) is 0 Å². The molecule has 0 bridgehead atoms. The molecule has 0 atom stereocenters. The van der Waals surface area contributed by atoms with Gasteiger partial charge in [-0.15, -0.1) is 0 Å². The Morgan fingerprint density at radius 1 is 1.00 bits per heavy atom. The third kappa shape index (κ3) is 3.88. The lowest BCUT2D eigenvalue weighted by atomic mass is 10.0. The fourth-order valence-corrected chi connectivity index (χ4v) is 4.16.